The molecule has 2 aromatic heterocycles. The minimum Gasteiger partial charge on any atom is -0.507 e. The molecule has 1 amide bonds. The number of aromatic hydroxyl groups is 1. The lowest BCUT2D eigenvalue weighted by Crippen LogP contribution is -2.29. The Morgan fingerprint density at radius 3 is 2.69 bits per heavy atom. The number of nitrogens with one attached hydrogen (secondary N) is 1. The van der Waals surface area contributed by atoms with Gasteiger partial charge >= 0.3 is 0 Å². The second-order valence-corrected chi connectivity index (χ2v) is 7.70. The van der Waals surface area contributed by atoms with Crippen molar-refractivity contribution in [1.82, 2.24) is 9.97 Å². The average Bonchev–Trinajstić information content (AvgIpc) is 3.35. The van der Waals surface area contributed by atoms with Gasteiger partial charge in [-0.3, -0.25) is 19.5 Å². The number of hydrogen-bond donors (Lipinski definition) is 3. The lowest BCUT2D eigenvalue weighted by atomic mass is 9.96. The van der Waals surface area contributed by atoms with Crippen LogP contribution in [-0.4, -0.2) is 31.9 Å². The maximum absolute atomic E-state index is 13.2. The Hall–Kier alpha value is -4.39. The number of carbonyl (C=O) groups excluding carboxylic acids is 2. The molecular weight excluding hydrogens is 406 g/mol. The number of aliphatic hydroxyl groups is 1. The van der Waals surface area contributed by atoms with Crippen molar-refractivity contribution in [2.24, 2.45) is 0 Å². The summed E-state index contributed by atoms with van der Waals surface area (Å²) in [4.78, 5) is 34.8. The Labute approximate surface area is 183 Å². The van der Waals surface area contributed by atoms with Crippen LogP contribution in [0.4, 0.5) is 5.69 Å². The summed E-state index contributed by atoms with van der Waals surface area (Å²) >= 11 is 0. The number of aryl methyl sites for hydroxylation is 1. The highest BCUT2D eigenvalue weighted by Gasteiger charge is 2.48. The lowest BCUT2D eigenvalue weighted by molar-refractivity contribution is -0.132. The largest absolute Gasteiger partial charge is 0.507 e. The molecule has 7 heteroatoms. The molecule has 4 aromatic rings. The molecule has 1 unspecified atom stereocenters. The number of H-pyrrole nitrogens is 1. The summed E-state index contributed by atoms with van der Waals surface area (Å²) in [6, 6.07) is 14.6. The maximum atomic E-state index is 13.2. The number of pyridine rings is 1. The molecule has 0 spiro atoms. The quantitative estimate of drug-likeness (QED) is 0.259. The highest BCUT2D eigenvalue weighted by molar-refractivity contribution is 6.52. The SMILES string of the molecule is Cc1ccc(O)c(N2C(=O)C(=O)/C(=C(\O)c3c[nH]c4ccccc34)C2c2cccnc2)c1. The number of aliphatic hydroxyl groups excluding tert-OH is 1. The van der Waals surface area contributed by atoms with Gasteiger partial charge in [0.25, 0.3) is 11.7 Å². The summed E-state index contributed by atoms with van der Waals surface area (Å²) in [5.74, 6) is -2.09. The van der Waals surface area contributed by atoms with Gasteiger partial charge in [0.05, 0.1) is 17.3 Å². The van der Waals surface area contributed by atoms with Crippen LogP contribution in [0, 0.1) is 6.92 Å². The molecule has 5 rings (SSSR count). The molecule has 7 nitrogen and oxygen atoms in total. The van der Waals surface area contributed by atoms with Gasteiger partial charge in [0.1, 0.15) is 11.5 Å². The number of para-hydroxylation sites is 1. The summed E-state index contributed by atoms with van der Waals surface area (Å²) in [6.07, 6.45) is 4.73. The molecule has 1 aliphatic heterocycles. The van der Waals surface area contributed by atoms with E-state index in [-0.39, 0.29) is 22.8 Å². The topological polar surface area (TPSA) is 107 Å². The van der Waals surface area contributed by atoms with Gasteiger partial charge in [-0.05, 0) is 42.3 Å². The first-order chi connectivity index (χ1) is 15.5. The molecular formula is C25H19N3O4. The van der Waals surface area contributed by atoms with E-state index in [4.69, 9.17) is 0 Å². The van der Waals surface area contributed by atoms with E-state index in [9.17, 15) is 19.8 Å². The fraction of sp³-hybridized carbons (Fsp3) is 0.0800. The number of anilines is 1. The molecule has 3 N–H and O–H groups in total. The molecule has 1 atom stereocenters. The average molecular weight is 425 g/mol. The van der Waals surface area contributed by atoms with Crippen LogP contribution in [0.5, 0.6) is 5.75 Å². The van der Waals surface area contributed by atoms with E-state index >= 15 is 0 Å². The van der Waals surface area contributed by atoms with Crippen LogP contribution in [-0.2, 0) is 9.59 Å². The van der Waals surface area contributed by atoms with Gasteiger partial charge in [0.2, 0.25) is 0 Å². The number of Topliss-reactive ketones (excluding diaryl/α,β-unsaturated/α-hetero) is 1. The first kappa shape index (κ1) is 19.6. The number of nitrogens with zero attached hydrogens (tertiary/aromatic N) is 2. The van der Waals surface area contributed by atoms with E-state index in [2.05, 4.69) is 9.97 Å². The minimum atomic E-state index is -0.954. The molecule has 0 radical (unpaired) electrons. The minimum absolute atomic E-state index is 0.0614. The molecule has 0 bridgehead atoms. The molecule has 2 aromatic carbocycles. The van der Waals surface area contributed by atoms with Gasteiger partial charge in [-0.15, -0.1) is 0 Å². The highest BCUT2D eigenvalue weighted by Crippen LogP contribution is 2.45. The Bertz CT molecular complexity index is 1410. The number of hydrogen-bond acceptors (Lipinski definition) is 5. The summed E-state index contributed by atoms with van der Waals surface area (Å²) in [6.45, 7) is 1.82. The third-order valence-electron chi connectivity index (χ3n) is 5.68. The summed E-state index contributed by atoms with van der Waals surface area (Å²) in [5.41, 5.74) is 2.68. The van der Waals surface area contributed by atoms with Gasteiger partial charge in [-0.1, -0.05) is 30.3 Å². The number of amides is 1. The smallest absolute Gasteiger partial charge is 0.300 e. The number of phenolic OH excluding ortho intramolecular Hbond substituents is 1. The van der Waals surface area contributed by atoms with Gasteiger partial charge in [-0.25, -0.2) is 0 Å². The monoisotopic (exact) mass is 425 g/mol. The number of fused-ring (bicyclic) bond motifs is 1. The van der Waals surface area contributed by atoms with Crippen LogP contribution in [0.15, 0.2) is 78.8 Å². The predicted molar refractivity (Wildman–Crippen MR) is 120 cm³/mol. The predicted octanol–water partition coefficient (Wildman–Crippen LogP) is 4.20. The number of aromatic amines is 1. The molecule has 3 heterocycles. The maximum Gasteiger partial charge on any atom is 0.300 e. The van der Waals surface area contributed by atoms with E-state index in [0.717, 1.165) is 16.5 Å². The van der Waals surface area contributed by atoms with Crippen molar-refractivity contribution < 1.29 is 19.8 Å². The lowest BCUT2D eigenvalue weighted by Gasteiger charge is -2.26. The van der Waals surface area contributed by atoms with Gasteiger partial charge < -0.3 is 15.2 Å². The van der Waals surface area contributed by atoms with E-state index in [0.29, 0.717) is 11.1 Å². The Morgan fingerprint density at radius 1 is 1.09 bits per heavy atom. The van der Waals surface area contributed by atoms with Crippen molar-refractivity contribution in [1.29, 1.82) is 0 Å². The van der Waals surface area contributed by atoms with Crippen molar-refractivity contribution in [2.45, 2.75) is 13.0 Å². The fourth-order valence-corrected chi connectivity index (χ4v) is 4.17. The zero-order chi connectivity index (χ0) is 22.4. The second kappa shape index (κ2) is 7.39. The molecule has 0 aliphatic carbocycles. The summed E-state index contributed by atoms with van der Waals surface area (Å²) in [7, 11) is 0. The Morgan fingerprint density at radius 2 is 1.91 bits per heavy atom. The number of aromatic nitrogens is 2. The third-order valence-corrected chi connectivity index (χ3v) is 5.68. The number of carbonyl (C=O) groups is 2. The van der Waals surface area contributed by atoms with E-state index < -0.39 is 17.7 Å². The van der Waals surface area contributed by atoms with Crippen molar-refractivity contribution in [2.75, 3.05) is 4.90 Å². The van der Waals surface area contributed by atoms with Crippen molar-refractivity contribution in [3.8, 4) is 5.75 Å². The molecule has 32 heavy (non-hydrogen) atoms. The Kier molecular flexibility index (Phi) is 4.52. The van der Waals surface area contributed by atoms with Crippen LogP contribution in [0.1, 0.15) is 22.7 Å². The number of phenols is 1. The standard InChI is InChI=1S/C25H19N3O4/c1-14-8-9-20(29)19(11-14)28-22(15-5-4-10-26-12-15)21(24(31)25(28)32)23(30)17-13-27-18-7-3-2-6-16(17)18/h2-13,22,27,29-30H,1H3/b23-21-. The molecule has 0 saturated carbocycles. The van der Waals surface area contributed by atoms with Crippen LogP contribution in [0.3, 0.4) is 0 Å². The van der Waals surface area contributed by atoms with E-state index in [1.54, 1.807) is 42.9 Å². The second-order valence-electron chi connectivity index (χ2n) is 7.70. The number of ketones is 1. The number of benzene rings is 2. The van der Waals surface area contributed by atoms with Gasteiger partial charge in [0, 0.05) is 35.1 Å². The zero-order valence-corrected chi connectivity index (χ0v) is 17.1. The molecule has 1 saturated heterocycles. The van der Waals surface area contributed by atoms with Crippen LogP contribution < -0.4 is 4.90 Å². The van der Waals surface area contributed by atoms with Crippen molar-refractivity contribution >= 4 is 34.0 Å². The van der Waals surface area contributed by atoms with E-state index in [1.807, 2.05) is 31.2 Å². The third kappa shape index (κ3) is 2.94. The van der Waals surface area contributed by atoms with Crippen molar-refractivity contribution in [3.05, 3.63) is 95.5 Å². The zero-order valence-electron chi connectivity index (χ0n) is 17.1. The summed E-state index contributed by atoms with van der Waals surface area (Å²) in [5, 5.41) is 22.5. The normalized spacial score (nSPS) is 17.9. The van der Waals surface area contributed by atoms with E-state index in [1.165, 1.54) is 11.0 Å². The molecule has 158 valence electrons. The van der Waals surface area contributed by atoms with Crippen molar-refractivity contribution in [3.63, 3.8) is 0 Å². The van der Waals surface area contributed by atoms with Crippen LogP contribution >= 0.6 is 0 Å². The highest BCUT2D eigenvalue weighted by atomic mass is 16.3. The van der Waals surface area contributed by atoms with Gasteiger partial charge in [0.15, 0.2) is 0 Å². The molecule has 1 aliphatic rings. The van der Waals surface area contributed by atoms with Gasteiger partial charge in [-0.2, -0.15) is 0 Å². The van der Waals surface area contributed by atoms with Crippen LogP contribution in [0.2, 0.25) is 0 Å². The summed E-state index contributed by atoms with van der Waals surface area (Å²) < 4.78 is 0. The Balaban J connectivity index is 1.78. The number of rotatable bonds is 3. The fourth-order valence-electron chi connectivity index (χ4n) is 4.17. The first-order valence-corrected chi connectivity index (χ1v) is 10.0. The first-order valence-electron chi connectivity index (χ1n) is 10.0. The van der Waals surface area contributed by atoms with Crippen LogP contribution in [0.25, 0.3) is 16.7 Å². The molecule has 1 fully saturated rings.